The summed E-state index contributed by atoms with van der Waals surface area (Å²) in [6.45, 7) is 3.79. The standard InChI is InChI=1S/C20H19Cl2NO/c1-3-17(19(22)12-7-15(2)21)14-16-8-10-18(11-9-16)24-20-6-4-5-13-23-20/h3-13H,14H2,1-2H3/b15-7+,17-3-,19-12+. The smallest absolute Gasteiger partial charge is 0.219 e. The zero-order chi connectivity index (χ0) is 17.4. The molecule has 0 fully saturated rings. The van der Waals surface area contributed by atoms with Gasteiger partial charge in [0.2, 0.25) is 5.88 Å². The maximum absolute atomic E-state index is 6.34. The van der Waals surface area contributed by atoms with Gasteiger partial charge in [0.1, 0.15) is 5.75 Å². The number of hydrogen-bond acceptors (Lipinski definition) is 2. The molecule has 2 nitrogen and oxygen atoms in total. The summed E-state index contributed by atoms with van der Waals surface area (Å²) in [7, 11) is 0. The van der Waals surface area contributed by atoms with Crippen molar-refractivity contribution < 1.29 is 4.74 Å². The van der Waals surface area contributed by atoms with Crippen molar-refractivity contribution in [1.29, 1.82) is 0 Å². The third kappa shape index (κ3) is 5.88. The first-order valence-electron chi connectivity index (χ1n) is 7.61. The summed E-state index contributed by atoms with van der Waals surface area (Å²) < 4.78 is 5.69. The Morgan fingerprint density at radius 3 is 2.42 bits per heavy atom. The summed E-state index contributed by atoms with van der Waals surface area (Å²) in [4.78, 5) is 4.14. The largest absolute Gasteiger partial charge is 0.439 e. The van der Waals surface area contributed by atoms with Gasteiger partial charge in [-0.05, 0) is 61.8 Å². The maximum Gasteiger partial charge on any atom is 0.219 e. The lowest BCUT2D eigenvalue weighted by molar-refractivity contribution is 0.463. The van der Waals surface area contributed by atoms with E-state index in [0.717, 1.165) is 23.3 Å². The number of nitrogens with zero attached hydrogens (tertiary/aromatic N) is 1. The predicted octanol–water partition coefficient (Wildman–Crippen LogP) is 6.63. The average Bonchev–Trinajstić information content (AvgIpc) is 2.60. The van der Waals surface area contributed by atoms with Gasteiger partial charge in [0.25, 0.3) is 0 Å². The van der Waals surface area contributed by atoms with Gasteiger partial charge in [0.15, 0.2) is 0 Å². The molecule has 0 saturated heterocycles. The van der Waals surface area contributed by atoms with Crippen LogP contribution in [0.3, 0.4) is 0 Å². The molecule has 0 spiro atoms. The summed E-state index contributed by atoms with van der Waals surface area (Å²) in [6.07, 6.45) is 8.06. The first kappa shape index (κ1) is 18.3. The van der Waals surface area contributed by atoms with Crippen molar-refractivity contribution in [3.05, 3.63) is 88.1 Å². The number of allylic oxidation sites excluding steroid dienone is 6. The zero-order valence-electron chi connectivity index (χ0n) is 13.7. The molecule has 0 N–H and O–H groups in total. The average molecular weight is 360 g/mol. The van der Waals surface area contributed by atoms with E-state index >= 15 is 0 Å². The van der Waals surface area contributed by atoms with Crippen molar-refractivity contribution in [2.75, 3.05) is 0 Å². The van der Waals surface area contributed by atoms with Crippen LogP contribution in [-0.4, -0.2) is 4.98 Å². The second-order valence-electron chi connectivity index (χ2n) is 5.17. The Labute approximate surface area is 153 Å². The third-order valence-electron chi connectivity index (χ3n) is 3.29. The molecule has 0 amide bonds. The molecular formula is C20H19Cl2NO. The van der Waals surface area contributed by atoms with Crippen LogP contribution >= 0.6 is 23.2 Å². The molecule has 0 aliphatic heterocycles. The molecule has 0 radical (unpaired) electrons. The molecule has 0 saturated carbocycles. The van der Waals surface area contributed by atoms with Crippen molar-refractivity contribution in [2.24, 2.45) is 0 Å². The number of benzene rings is 1. The Morgan fingerprint density at radius 1 is 1.08 bits per heavy atom. The molecule has 0 bridgehead atoms. The lowest BCUT2D eigenvalue weighted by atomic mass is 10.0. The lowest BCUT2D eigenvalue weighted by Crippen LogP contribution is -1.92. The fourth-order valence-corrected chi connectivity index (χ4v) is 2.34. The molecule has 0 atom stereocenters. The Morgan fingerprint density at radius 2 is 1.83 bits per heavy atom. The van der Waals surface area contributed by atoms with Crippen molar-refractivity contribution in [1.82, 2.24) is 4.98 Å². The van der Waals surface area contributed by atoms with E-state index in [1.165, 1.54) is 0 Å². The van der Waals surface area contributed by atoms with E-state index in [1.54, 1.807) is 12.3 Å². The van der Waals surface area contributed by atoms with Crippen LogP contribution in [0.15, 0.2) is 82.5 Å². The Balaban J connectivity index is 2.05. The van der Waals surface area contributed by atoms with Gasteiger partial charge < -0.3 is 4.74 Å². The zero-order valence-corrected chi connectivity index (χ0v) is 15.2. The van der Waals surface area contributed by atoms with Gasteiger partial charge in [0, 0.05) is 22.3 Å². The highest BCUT2D eigenvalue weighted by molar-refractivity contribution is 6.32. The van der Waals surface area contributed by atoms with Gasteiger partial charge in [-0.3, -0.25) is 0 Å². The summed E-state index contributed by atoms with van der Waals surface area (Å²) in [5.41, 5.74) is 2.19. The van der Waals surface area contributed by atoms with Crippen LogP contribution in [0.2, 0.25) is 0 Å². The van der Waals surface area contributed by atoms with Crippen LogP contribution in [0.25, 0.3) is 0 Å². The molecule has 24 heavy (non-hydrogen) atoms. The number of aromatic nitrogens is 1. The van der Waals surface area contributed by atoms with Gasteiger partial charge in [-0.15, -0.1) is 0 Å². The highest BCUT2D eigenvalue weighted by Gasteiger charge is 2.04. The lowest BCUT2D eigenvalue weighted by Gasteiger charge is -2.08. The van der Waals surface area contributed by atoms with E-state index in [4.69, 9.17) is 27.9 Å². The SMILES string of the molecule is C\C=C(Cc1ccc(Oc2ccccn2)cc1)/C(Cl)=C\C=C(/C)Cl. The molecule has 124 valence electrons. The van der Waals surface area contributed by atoms with Crippen LogP contribution < -0.4 is 4.74 Å². The fourth-order valence-electron chi connectivity index (χ4n) is 2.04. The molecule has 0 aliphatic carbocycles. The first-order chi connectivity index (χ1) is 11.6. The highest BCUT2D eigenvalue weighted by atomic mass is 35.5. The van der Waals surface area contributed by atoms with E-state index in [0.29, 0.717) is 15.9 Å². The molecular weight excluding hydrogens is 341 g/mol. The summed E-state index contributed by atoms with van der Waals surface area (Å²) >= 11 is 12.2. The number of hydrogen-bond donors (Lipinski definition) is 0. The van der Waals surface area contributed by atoms with Crippen molar-refractivity contribution in [2.45, 2.75) is 20.3 Å². The topological polar surface area (TPSA) is 22.1 Å². The van der Waals surface area contributed by atoms with Gasteiger partial charge in [0.05, 0.1) is 0 Å². The fraction of sp³-hybridized carbons (Fsp3) is 0.150. The molecule has 1 aromatic carbocycles. The van der Waals surface area contributed by atoms with E-state index in [9.17, 15) is 0 Å². The van der Waals surface area contributed by atoms with Gasteiger partial charge in [-0.1, -0.05) is 47.5 Å². The summed E-state index contributed by atoms with van der Waals surface area (Å²) in [5.74, 6) is 1.33. The van der Waals surface area contributed by atoms with Crippen molar-refractivity contribution in [3.8, 4) is 11.6 Å². The van der Waals surface area contributed by atoms with Gasteiger partial charge >= 0.3 is 0 Å². The Kier molecular flexibility index (Phi) is 7.10. The predicted molar refractivity (Wildman–Crippen MR) is 102 cm³/mol. The van der Waals surface area contributed by atoms with Gasteiger partial charge in [-0.2, -0.15) is 0 Å². The molecule has 2 aromatic rings. The van der Waals surface area contributed by atoms with Crippen LogP contribution in [0.5, 0.6) is 11.6 Å². The molecule has 0 unspecified atom stereocenters. The number of halogens is 2. The number of rotatable bonds is 6. The van der Waals surface area contributed by atoms with Crippen LogP contribution in [-0.2, 0) is 6.42 Å². The minimum absolute atomic E-state index is 0.577. The monoisotopic (exact) mass is 359 g/mol. The van der Waals surface area contributed by atoms with E-state index < -0.39 is 0 Å². The van der Waals surface area contributed by atoms with Gasteiger partial charge in [-0.25, -0.2) is 4.98 Å². The van der Waals surface area contributed by atoms with E-state index in [-0.39, 0.29) is 0 Å². The molecule has 0 aliphatic rings. The van der Waals surface area contributed by atoms with E-state index in [1.807, 2.05) is 68.5 Å². The minimum Gasteiger partial charge on any atom is -0.439 e. The number of pyridine rings is 1. The number of ether oxygens (including phenoxy) is 1. The Hall–Kier alpha value is -2.03. The molecule has 4 heteroatoms. The quantitative estimate of drug-likeness (QED) is 0.540. The Bertz CT molecular complexity index is 743. The third-order valence-corrected chi connectivity index (χ3v) is 3.79. The highest BCUT2D eigenvalue weighted by Crippen LogP contribution is 2.23. The van der Waals surface area contributed by atoms with Crippen molar-refractivity contribution in [3.63, 3.8) is 0 Å². The second-order valence-corrected chi connectivity index (χ2v) is 6.18. The summed E-state index contributed by atoms with van der Waals surface area (Å²) in [5, 5.41) is 1.38. The van der Waals surface area contributed by atoms with Crippen molar-refractivity contribution >= 4 is 23.2 Å². The molecule has 1 heterocycles. The van der Waals surface area contributed by atoms with Crippen LogP contribution in [0.4, 0.5) is 0 Å². The second kappa shape index (κ2) is 9.31. The summed E-state index contributed by atoms with van der Waals surface area (Å²) in [6, 6.07) is 13.5. The molecule has 1 aromatic heterocycles. The molecule has 2 rings (SSSR count). The minimum atomic E-state index is 0.577. The van der Waals surface area contributed by atoms with Crippen LogP contribution in [0.1, 0.15) is 19.4 Å². The normalized spacial score (nSPS) is 13.1. The van der Waals surface area contributed by atoms with Crippen LogP contribution in [0, 0.1) is 0 Å². The maximum atomic E-state index is 6.34. The first-order valence-corrected chi connectivity index (χ1v) is 8.37. The van der Waals surface area contributed by atoms with E-state index in [2.05, 4.69) is 4.98 Å².